The van der Waals surface area contributed by atoms with Crippen LogP contribution in [0, 0.1) is 0 Å². The summed E-state index contributed by atoms with van der Waals surface area (Å²) in [5.41, 5.74) is 2.20. The first kappa shape index (κ1) is 17.0. The molecule has 2 aromatic rings. The van der Waals surface area contributed by atoms with E-state index in [2.05, 4.69) is 25.2 Å². The van der Waals surface area contributed by atoms with Gasteiger partial charge in [-0.15, -0.1) is 0 Å². The minimum Gasteiger partial charge on any atom is -0.497 e. The van der Waals surface area contributed by atoms with E-state index in [1.165, 1.54) is 5.56 Å². The number of hydrogen-bond donors (Lipinski definition) is 1. The molecule has 0 spiro atoms. The third kappa shape index (κ3) is 4.09. The van der Waals surface area contributed by atoms with Gasteiger partial charge in [-0.1, -0.05) is 19.9 Å². The Hall–Kier alpha value is -2.36. The molecule has 0 fully saturated rings. The van der Waals surface area contributed by atoms with Gasteiger partial charge in [0.2, 0.25) is 0 Å². The third-order valence-electron chi connectivity index (χ3n) is 3.99. The summed E-state index contributed by atoms with van der Waals surface area (Å²) in [6.45, 7) is 5.20. The number of anilines is 1. The molecule has 4 nitrogen and oxygen atoms in total. The van der Waals surface area contributed by atoms with E-state index in [0.717, 1.165) is 29.5 Å². The fourth-order valence-corrected chi connectivity index (χ4v) is 2.39. The Labute approximate surface area is 138 Å². The summed E-state index contributed by atoms with van der Waals surface area (Å²) in [5.74, 6) is 2.35. The van der Waals surface area contributed by atoms with Crippen molar-refractivity contribution in [1.29, 1.82) is 0 Å². The lowest BCUT2D eigenvalue weighted by atomic mass is 9.84. The van der Waals surface area contributed by atoms with E-state index in [4.69, 9.17) is 14.2 Å². The Bertz CT molecular complexity index is 636. The maximum Gasteiger partial charge on any atom is 0.161 e. The second-order valence-corrected chi connectivity index (χ2v) is 6.04. The molecule has 0 unspecified atom stereocenters. The van der Waals surface area contributed by atoms with Crippen molar-refractivity contribution in [1.82, 2.24) is 0 Å². The molecule has 2 aromatic carbocycles. The van der Waals surface area contributed by atoms with Gasteiger partial charge in [-0.2, -0.15) is 0 Å². The summed E-state index contributed by atoms with van der Waals surface area (Å²) in [7, 11) is 4.97. The van der Waals surface area contributed by atoms with E-state index in [1.54, 1.807) is 21.3 Å². The van der Waals surface area contributed by atoms with E-state index >= 15 is 0 Å². The Morgan fingerprint density at radius 2 is 1.48 bits per heavy atom. The Kier molecular flexibility index (Phi) is 5.37. The molecule has 0 bridgehead atoms. The molecule has 23 heavy (non-hydrogen) atoms. The number of benzene rings is 2. The molecule has 4 heteroatoms. The molecule has 0 radical (unpaired) electrons. The van der Waals surface area contributed by atoms with Crippen LogP contribution in [0.5, 0.6) is 17.2 Å². The first-order valence-electron chi connectivity index (χ1n) is 7.60. The molecule has 0 heterocycles. The largest absolute Gasteiger partial charge is 0.497 e. The Morgan fingerprint density at radius 3 is 2.04 bits per heavy atom. The first-order chi connectivity index (χ1) is 11.0. The summed E-state index contributed by atoms with van der Waals surface area (Å²) >= 11 is 0. The molecule has 0 amide bonds. The minimum absolute atomic E-state index is 0.0561. The molecule has 0 aliphatic rings. The maximum atomic E-state index is 5.40. The van der Waals surface area contributed by atoms with Crippen molar-refractivity contribution >= 4 is 5.69 Å². The highest BCUT2D eigenvalue weighted by atomic mass is 16.5. The van der Waals surface area contributed by atoms with Gasteiger partial charge in [0.1, 0.15) is 5.75 Å². The van der Waals surface area contributed by atoms with Crippen LogP contribution in [0.4, 0.5) is 5.69 Å². The predicted octanol–water partition coefficient (Wildman–Crippen LogP) is 4.10. The van der Waals surface area contributed by atoms with Gasteiger partial charge in [0.25, 0.3) is 0 Å². The quantitative estimate of drug-likeness (QED) is 0.835. The zero-order valence-electron chi connectivity index (χ0n) is 14.5. The van der Waals surface area contributed by atoms with Gasteiger partial charge >= 0.3 is 0 Å². The molecule has 2 rings (SSSR count). The number of nitrogens with one attached hydrogen (secondary N) is 1. The molecular weight excluding hydrogens is 290 g/mol. The van der Waals surface area contributed by atoms with Crippen molar-refractivity contribution in [2.45, 2.75) is 19.3 Å². The lowest BCUT2D eigenvalue weighted by molar-refractivity contribution is 0.353. The number of hydrogen-bond acceptors (Lipinski definition) is 4. The van der Waals surface area contributed by atoms with Crippen LogP contribution in [0.2, 0.25) is 0 Å². The highest BCUT2D eigenvalue weighted by Crippen LogP contribution is 2.33. The lowest BCUT2D eigenvalue weighted by Gasteiger charge is -2.27. The molecule has 0 atom stereocenters. The van der Waals surface area contributed by atoms with Gasteiger partial charge in [0, 0.05) is 17.6 Å². The van der Waals surface area contributed by atoms with Crippen LogP contribution in [0.3, 0.4) is 0 Å². The van der Waals surface area contributed by atoms with Crippen molar-refractivity contribution in [2.75, 3.05) is 33.2 Å². The van der Waals surface area contributed by atoms with Crippen molar-refractivity contribution in [3.05, 3.63) is 48.0 Å². The van der Waals surface area contributed by atoms with Crippen LogP contribution in [0.25, 0.3) is 0 Å². The maximum absolute atomic E-state index is 5.40. The van der Waals surface area contributed by atoms with Crippen LogP contribution < -0.4 is 19.5 Å². The van der Waals surface area contributed by atoms with Gasteiger partial charge in [0.15, 0.2) is 11.5 Å². The molecule has 0 saturated carbocycles. The Morgan fingerprint density at radius 1 is 0.826 bits per heavy atom. The van der Waals surface area contributed by atoms with Crippen LogP contribution in [0.15, 0.2) is 42.5 Å². The number of ether oxygens (including phenoxy) is 3. The van der Waals surface area contributed by atoms with Crippen molar-refractivity contribution in [2.24, 2.45) is 0 Å². The molecule has 124 valence electrons. The smallest absolute Gasteiger partial charge is 0.161 e. The average molecular weight is 315 g/mol. The monoisotopic (exact) mass is 315 g/mol. The van der Waals surface area contributed by atoms with Crippen LogP contribution >= 0.6 is 0 Å². The number of methoxy groups -OCH3 is 3. The van der Waals surface area contributed by atoms with Crippen LogP contribution in [0.1, 0.15) is 19.4 Å². The van der Waals surface area contributed by atoms with E-state index in [9.17, 15) is 0 Å². The van der Waals surface area contributed by atoms with Gasteiger partial charge in [-0.25, -0.2) is 0 Å². The van der Waals surface area contributed by atoms with Crippen molar-refractivity contribution < 1.29 is 14.2 Å². The molecule has 0 saturated heterocycles. The van der Waals surface area contributed by atoms with E-state index in [1.807, 2.05) is 36.4 Å². The zero-order chi connectivity index (χ0) is 16.9. The molecule has 1 N–H and O–H groups in total. The fourth-order valence-electron chi connectivity index (χ4n) is 2.39. The zero-order valence-corrected chi connectivity index (χ0v) is 14.5. The molecule has 0 aromatic heterocycles. The normalized spacial score (nSPS) is 11.0. The first-order valence-corrected chi connectivity index (χ1v) is 7.60. The summed E-state index contributed by atoms with van der Waals surface area (Å²) < 4.78 is 15.9. The SMILES string of the molecule is COc1ccc(NCC(C)(C)c2ccc(OC)c(OC)c2)cc1. The topological polar surface area (TPSA) is 39.7 Å². The lowest BCUT2D eigenvalue weighted by Crippen LogP contribution is -2.27. The van der Waals surface area contributed by atoms with E-state index in [-0.39, 0.29) is 5.41 Å². The second kappa shape index (κ2) is 7.27. The summed E-state index contributed by atoms with van der Waals surface area (Å²) in [6, 6.07) is 14.0. The summed E-state index contributed by atoms with van der Waals surface area (Å²) in [4.78, 5) is 0. The van der Waals surface area contributed by atoms with Crippen molar-refractivity contribution in [3.8, 4) is 17.2 Å². The second-order valence-electron chi connectivity index (χ2n) is 6.04. The van der Waals surface area contributed by atoms with Crippen molar-refractivity contribution in [3.63, 3.8) is 0 Å². The van der Waals surface area contributed by atoms with Gasteiger partial charge in [-0.3, -0.25) is 0 Å². The highest BCUT2D eigenvalue weighted by molar-refractivity contribution is 5.48. The third-order valence-corrected chi connectivity index (χ3v) is 3.99. The molecule has 0 aliphatic heterocycles. The molecule has 0 aliphatic carbocycles. The highest BCUT2D eigenvalue weighted by Gasteiger charge is 2.22. The van der Waals surface area contributed by atoms with Crippen LogP contribution in [-0.2, 0) is 5.41 Å². The standard InChI is InChI=1S/C19H25NO3/c1-19(2,13-20-15-7-9-16(21-3)10-8-15)14-6-11-17(22-4)18(12-14)23-5/h6-12,20H,13H2,1-5H3. The van der Waals surface area contributed by atoms with Crippen LogP contribution in [-0.4, -0.2) is 27.9 Å². The Balaban J connectivity index is 2.11. The minimum atomic E-state index is -0.0561. The number of rotatable bonds is 7. The van der Waals surface area contributed by atoms with Gasteiger partial charge in [0.05, 0.1) is 21.3 Å². The van der Waals surface area contributed by atoms with E-state index < -0.39 is 0 Å². The predicted molar refractivity (Wildman–Crippen MR) is 94.1 cm³/mol. The molecular formula is C19H25NO3. The summed E-state index contributed by atoms with van der Waals surface area (Å²) in [5, 5.41) is 3.47. The summed E-state index contributed by atoms with van der Waals surface area (Å²) in [6.07, 6.45) is 0. The average Bonchev–Trinajstić information content (AvgIpc) is 2.59. The van der Waals surface area contributed by atoms with E-state index in [0.29, 0.717) is 0 Å². The van der Waals surface area contributed by atoms with Gasteiger partial charge < -0.3 is 19.5 Å². The fraction of sp³-hybridized carbons (Fsp3) is 0.368. The van der Waals surface area contributed by atoms with Gasteiger partial charge in [-0.05, 0) is 42.0 Å².